The van der Waals surface area contributed by atoms with Gasteiger partial charge >= 0.3 is 0 Å². The molecule has 5 nitrogen and oxygen atoms in total. The highest BCUT2D eigenvalue weighted by Gasteiger charge is 2.30. The van der Waals surface area contributed by atoms with Crippen LogP contribution in [0.4, 0.5) is 4.39 Å². The topological polar surface area (TPSA) is 50.5 Å². The SMILES string of the molecule is CC(C)c1nn(-c2ccccc2)c(Oc2ccccc2F)c1CN(CC1CC1)CC(O)c1ccccc1. The molecule has 4 aromatic rings. The molecule has 1 atom stereocenters. The summed E-state index contributed by atoms with van der Waals surface area (Å²) < 4.78 is 22.8. The molecule has 6 heteroatoms. The summed E-state index contributed by atoms with van der Waals surface area (Å²) in [5, 5.41) is 16.0. The van der Waals surface area contributed by atoms with Gasteiger partial charge < -0.3 is 9.84 Å². The van der Waals surface area contributed by atoms with Crippen LogP contribution in [-0.2, 0) is 6.54 Å². The molecule has 3 aromatic carbocycles. The Morgan fingerprint density at radius 2 is 1.62 bits per heavy atom. The number of ether oxygens (including phenoxy) is 1. The summed E-state index contributed by atoms with van der Waals surface area (Å²) in [4.78, 5) is 2.29. The maximum absolute atomic E-state index is 14.7. The molecule has 1 saturated carbocycles. The molecule has 1 fully saturated rings. The minimum absolute atomic E-state index is 0.129. The van der Waals surface area contributed by atoms with E-state index in [-0.39, 0.29) is 11.7 Å². The average molecular weight is 500 g/mol. The summed E-state index contributed by atoms with van der Waals surface area (Å²) in [5.74, 6) is 1.01. The molecule has 0 saturated heterocycles. The summed E-state index contributed by atoms with van der Waals surface area (Å²) in [6, 6.07) is 26.0. The maximum Gasteiger partial charge on any atom is 0.227 e. The van der Waals surface area contributed by atoms with E-state index < -0.39 is 11.9 Å². The molecule has 1 heterocycles. The van der Waals surface area contributed by atoms with Gasteiger partial charge in [-0.2, -0.15) is 5.10 Å². The zero-order chi connectivity index (χ0) is 25.8. The molecule has 1 N–H and O–H groups in total. The zero-order valence-electron chi connectivity index (χ0n) is 21.4. The van der Waals surface area contributed by atoms with Crippen molar-refractivity contribution in [2.75, 3.05) is 13.1 Å². The van der Waals surface area contributed by atoms with Crippen molar-refractivity contribution in [3.8, 4) is 17.3 Å². The summed E-state index contributed by atoms with van der Waals surface area (Å²) in [5.41, 5.74) is 3.57. The molecular weight excluding hydrogens is 465 g/mol. The van der Waals surface area contributed by atoms with Gasteiger partial charge in [0, 0.05) is 19.6 Å². The third-order valence-corrected chi connectivity index (χ3v) is 6.77. The number of nitrogens with zero attached hydrogens (tertiary/aromatic N) is 3. The van der Waals surface area contributed by atoms with Gasteiger partial charge in [0.15, 0.2) is 11.6 Å². The van der Waals surface area contributed by atoms with Crippen LogP contribution in [0.5, 0.6) is 11.6 Å². The van der Waals surface area contributed by atoms with E-state index in [2.05, 4.69) is 18.7 Å². The van der Waals surface area contributed by atoms with E-state index in [0.29, 0.717) is 24.9 Å². The highest BCUT2D eigenvalue weighted by atomic mass is 19.1. The number of benzene rings is 3. The second-order valence-electron chi connectivity index (χ2n) is 10.2. The predicted molar refractivity (Wildman–Crippen MR) is 144 cm³/mol. The number of aromatic nitrogens is 2. The second kappa shape index (κ2) is 11.3. The van der Waals surface area contributed by atoms with Gasteiger partial charge in [0.2, 0.25) is 5.88 Å². The number of hydrogen-bond donors (Lipinski definition) is 1. The number of para-hydroxylation sites is 2. The van der Waals surface area contributed by atoms with E-state index in [1.807, 2.05) is 60.7 Å². The molecule has 5 rings (SSSR count). The first-order valence-electron chi connectivity index (χ1n) is 13.0. The fraction of sp³-hybridized carbons (Fsp3) is 0.323. The van der Waals surface area contributed by atoms with Crippen molar-refractivity contribution >= 4 is 0 Å². The van der Waals surface area contributed by atoms with Gasteiger partial charge in [-0.05, 0) is 54.5 Å². The van der Waals surface area contributed by atoms with Crippen LogP contribution in [0.3, 0.4) is 0 Å². The lowest BCUT2D eigenvalue weighted by atomic mass is 10.0. The normalized spacial score (nSPS) is 14.3. The van der Waals surface area contributed by atoms with Gasteiger partial charge in [-0.15, -0.1) is 0 Å². The van der Waals surface area contributed by atoms with Crippen molar-refractivity contribution in [1.29, 1.82) is 0 Å². The molecule has 37 heavy (non-hydrogen) atoms. The molecule has 192 valence electrons. The van der Waals surface area contributed by atoms with Crippen molar-refractivity contribution < 1.29 is 14.2 Å². The molecule has 1 aliphatic carbocycles. The Morgan fingerprint density at radius 1 is 0.973 bits per heavy atom. The van der Waals surface area contributed by atoms with Crippen LogP contribution in [0.2, 0.25) is 0 Å². The number of rotatable bonds is 11. The molecule has 1 aliphatic rings. The Hall–Kier alpha value is -3.48. The first-order valence-corrected chi connectivity index (χ1v) is 13.0. The van der Waals surface area contributed by atoms with Gasteiger partial charge in [0.1, 0.15) is 0 Å². The molecule has 0 spiro atoms. The minimum Gasteiger partial charge on any atom is -0.435 e. The Balaban J connectivity index is 1.55. The lowest BCUT2D eigenvalue weighted by Gasteiger charge is -2.26. The average Bonchev–Trinajstić information content (AvgIpc) is 3.66. The Kier molecular flexibility index (Phi) is 7.68. The van der Waals surface area contributed by atoms with Gasteiger partial charge in [-0.25, -0.2) is 9.07 Å². The Morgan fingerprint density at radius 3 is 2.27 bits per heavy atom. The molecule has 0 amide bonds. The fourth-order valence-corrected chi connectivity index (χ4v) is 4.66. The predicted octanol–water partition coefficient (Wildman–Crippen LogP) is 6.87. The summed E-state index contributed by atoms with van der Waals surface area (Å²) in [7, 11) is 0. The monoisotopic (exact) mass is 499 g/mol. The largest absolute Gasteiger partial charge is 0.435 e. The van der Waals surface area contributed by atoms with Crippen molar-refractivity contribution in [2.45, 2.75) is 45.3 Å². The van der Waals surface area contributed by atoms with E-state index in [1.54, 1.807) is 22.9 Å². The second-order valence-corrected chi connectivity index (χ2v) is 10.2. The molecule has 0 bridgehead atoms. The van der Waals surface area contributed by atoms with E-state index in [4.69, 9.17) is 9.84 Å². The number of halogens is 1. The first kappa shape index (κ1) is 25.2. The number of aliphatic hydroxyl groups excluding tert-OH is 1. The van der Waals surface area contributed by atoms with Gasteiger partial charge in [-0.3, -0.25) is 4.90 Å². The Bertz CT molecular complexity index is 1300. The first-order chi connectivity index (χ1) is 18.0. The minimum atomic E-state index is -0.609. The smallest absolute Gasteiger partial charge is 0.227 e. The third-order valence-electron chi connectivity index (χ3n) is 6.77. The fourth-order valence-electron chi connectivity index (χ4n) is 4.66. The highest BCUT2D eigenvalue weighted by molar-refractivity contribution is 5.44. The van der Waals surface area contributed by atoms with Gasteiger partial charge in [0.25, 0.3) is 0 Å². The molecular formula is C31H34FN3O2. The van der Waals surface area contributed by atoms with Crippen LogP contribution in [0.25, 0.3) is 5.69 Å². The van der Waals surface area contributed by atoms with Gasteiger partial charge in [0.05, 0.1) is 23.0 Å². The van der Waals surface area contributed by atoms with E-state index >= 15 is 0 Å². The van der Waals surface area contributed by atoms with Crippen molar-refractivity contribution in [2.24, 2.45) is 5.92 Å². The molecule has 0 radical (unpaired) electrons. The lowest BCUT2D eigenvalue weighted by Crippen LogP contribution is -2.31. The summed E-state index contributed by atoms with van der Waals surface area (Å²) in [6.45, 7) is 6.14. The lowest BCUT2D eigenvalue weighted by molar-refractivity contribution is 0.105. The van der Waals surface area contributed by atoms with Crippen LogP contribution in [0.15, 0.2) is 84.9 Å². The van der Waals surface area contributed by atoms with Crippen LogP contribution in [-0.4, -0.2) is 32.9 Å². The molecule has 0 aliphatic heterocycles. The number of hydrogen-bond acceptors (Lipinski definition) is 4. The van der Waals surface area contributed by atoms with E-state index in [1.165, 1.54) is 18.9 Å². The number of aliphatic hydroxyl groups is 1. The standard InChI is InChI=1S/C31H34FN3O2/c1-22(2)30-26(20-34(19-23-17-18-23)21-28(36)24-11-5-3-6-12-24)31(37-29-16-10-9-15-27(29)32)35(33-30)25-13-7-4-8-14-25/h3-16,22-23,28,36H,17-21H2,1-2H3. The summed E-state index contributed by atoms with van der Waals surface area (Å²) in [6.07, 6.45) is 1.80. The van der Waals surface area contributed by atoms with Crippen LogP contribution >= 0.6 is 0 Å². The summed E-state index contributed by atoms with van der Waals surface area (Å²) >= 11 is 0. The maximum atomic E-state index is 14.7. The molecule has 1 aromatic heterocycles. The van der Waals surface area contributed by atoms with E-state index in [9.17, 15) is 9.50 Å². The van der Waals surface area contributed by atoms with Crippen molar-refractivity contribution in [3.05, 3.63) is 108 Å². The zero-order valence-corrected chi connectivity index (χ0v) is 21.4. The van der Waals surface area contributed by atoms with Crippen LogP contribution in [0.1, 0.15) is 55.5 Å². The highest BCUT2D eigenvalue weighted by Crippen LogP contribution is 2.37. The Labute approximate surface area is 218 Å². The van der Waals surface area contributed by atoms with Crippen molar-refractivity contribution in [1.82, 2.24) is 14.7 Å². The van der Waals surface area contributed by atoms with E-state index in [0.717, 1.165) is 29.1 Å². The van der Waals surface area contributed by atoms with Gasteiger partial charge in [-0.1, -0.05) is 74.5 Å². The van der Waals surface area contributed by atoms with Crippen LogP contribution < -0.4 is 4.74 Å². The van der Waals surface area contributed by atoms with Crippen molar-refractivity contribution in [3.63, 3.8) is 0 Å². The third kappa shape index (κ3) is 6.09. The quantitative estimate of drug-likeness (QED) is 0.245. The van der Waals surface area contributed by atoms with Crippen LogP contribution in [0, 0.1) is 11.7 Å². The molecule has 1 unspecified atom stereocenters.